The summed E-state index contributed by atoms with van der Waals surface area (Å²) in [5, 5.41) is 20.3. The van der Waals surface area contributed by atoms with Crippen LogP contribution in [-0.4, -0.2) is 44.4 Å². The van der Waals surface area contributed by atoms with Gasteiger partial charge < -0.3 is 19.5 Å². The normalized spacial score (nSPS) is 33.9. The highest BCUT2D eigenvalue weighted by Crippen LogP contribution is 2.55. The number of aliphatic hydroxyl groups is 2. The van der Waals surface area contributed by atoms with E-state index in [1.54, 1.807) is 0 Å². The van der Waals surface area contributed by atoms with Crippen LogP contribution in [0, 0.1) is 10.5 Å². The van der Waals surface area contributed by atoms with Crippen LogP contribution in [0.5, 0.6) is 5.75 Å². The Kier molecular flexibility index (Phi) is 5.16. The van der Waals surface area contributed by atoms with Gasteiger partial charge in [-0.3, -0.25) is 18.6 Å². The van der Waals surface area contributed by atoms with Crippen LogP contribution in [0.1, 0.15) is 14.5 Å². The SMILES string of the molecule is [2H]C([2H])(OP1(=O)OCc2cc(F)ccc2O1)[C@@]1(F)O[C@@H](n2cc(Cl)c(=S)[nH]c2=O)[C@H](O)[C@@H]1O. The highest BCUT2D eigenvalue weighted by atomic mass is 35.5. The molecule has 3 N–H and O–H groups in total. The van der Waals surface area contributed by atoms with Gasteiger partial charge in [0.25, 0.3) is 5.85 Å². The lowest BCUT2D eigenvalue weighted by Crippen LogP contribution is -2.43. The second kappa shape index (κ2) is 8.01. The molecule has 5 atom stereocenters. The van der Waals surface area contributed by atoms with Crippen molar-refractivity contribution < 1.29 is 44.6 Å². The van der Waals surface area contributed by atoms with E-state index < -0.39 is 56.8 Å². The molecule has 0 spiro atoms. The number of ether oxygens (including phenoxy) is 1. The summed E-state index contributed by atoms with van der Waals surface area (Å²) in [6.45, 7) is -4.28. The fourth-order valence-corrected chi connectivity index (χ4v) is 4.24. The molecule has 1 aromatic carbocycles. The van der Waals surface area contributed by atoms with Crippen molar-refractivity contribution in [3.63, 3.8) is 0 Å². The molecular formula is C16H14ClF2N2O8PS. The summed E-state index contributed by atoms with van der Waals surface area (Å²) in [6.07, 6.45) is -5.94. The van der Waals surface area contributed by atoms with E-state index in [0.717, 1.165) is 24.4 Å². The number of benzene rings is 1. The fraction of sp³-hybridized carbons (Fsp3) is 0.375. The van der Waals surface area contributed by atoms with Crippen LogP contribution in [0.25, 0.3) is 0 Å². The predicted octanol–water partition coefficient (Wildman–Crippen LogP) is 2.35. The molecule has 2 aliphatic rings. The molecule has 0 amide bonds. The molecular weight excluding hydrogens is 485 g/mol. The largest absolute Gasteiger partial charge is 0.530 e. The zero-order chi connectivity index (χ0) is 24.3. The summed E-state index contributed by atoms with van der Waals surface area (Å²) >= 11 is 10.6. The Bertz CT molecular complexity index is 1280. The average molecular weight is 501 g/mol. The number of alkyl halides is 1. The Morgan fingerprint density at radius 3 is 3.00 bits per heavy atom. The third-order valence-corrected chi connectivity index (χ3v) is 6.30. The molecule has 10 nitrogen and oxygen atoms in total. The maximum absolute atomic E-state index is 15.7. The number of aromatic nitrogens is 2. The van der Waals surface area contributed by atoms with Gasteiger partial charge in [0.1, 0.15) is 35.0 Å². The van der Waals surface area contributed by atoms with Gasteiger partial charge >= 0.3 is 13.5 Å². The number of aromatic amines is 1. The Labute approximate surface area is 185 Å². The maximum Gasteiger partial charge on any atom is 0.530 e. The topological polar surface area (TPSA) is 132 Å². The summed E-state index contributed by atoms with van der Waals surface area (Å²) < 4.78 is 77.4. The van der Waals surface area contributed by atoms with Crippen molar-refractivity contribution >= 4 is 31.6 Å². The molecule has 2 aliphatic heterocycles. The zero-order valence-corrected chi connectivity index (χ0v) is 17.5. The molecule has 1 fully saturated rings. The Balaban J connectivity index is 1.63. The summed E-state index contributed by atoms with van der Waals surface area (Å²) in [6, 6.07) is 3.07. The number of rotatable bonds is 4. The quantitative estimate of drug-likeness (QED) is 0.427. The predicted molar refractivity (Wildman–Crippen MR) is 102 cm³/mol. The standard InChI is InChI=1S/C16H14ClF2N2O8PS/c17-9-4-21(15(24)20-13(9)31)14-11(22)12(23)16(19,28-14)6-27-30(25)26-5-7-3-8(18)1-2-10(7)29-30/h1-4,11-12,14,22-23H,5-6H2,(H,20,24,31)/t11-,12+,14-,16-,30?/m1/s1/i6D2. The van der Waals surface area contributed by atoms with E-state index in [0.29, 0.717) is 4.57 Å². The number of phosphoric acid groups is 1. The van der Waals surface area contributed by atoms with Gasteiger partial charge in [-0.15, -0.1) is 0 Å². The van der Waals surface area contributed by atoms with Crippen molar-refractivity contribution in [1.29, 1.82) is 0 Å². The number of nitrogens with zero attached hydrogens (tertiary/aromatic N) is 1. The van der Waals surface area contributed by atoms with Crippen molar-refractivity contribution in [2.75, 3.05) is 6.56 Å². The van der Waals surface area contributed by atoms with Crippen LogP contribution in [0.15, 0.2) is 29.2 Å². The molecule has 1 saturated heterocycles. The van der Waals surface area contributed by atoms with Crippen LogP contribution in [0.4, 0.5) is 8.78 Å². The van der Waals surface area contributed by atoms with Gasteiger partial charge in [-0.25, -0.2) is 18.1 Å². The van der Waals surface area contributed by atoms with Crippen molar-refractivity contribution in [3.05, 3.63) is 55.9 Å². The molecule has 168 valence electrons. The minimum atomic E-state index is -4.86. The number of H-pyrrole nitrogens is 1. The van der Waals surface area contributed by atoms with Crippen LogP contribution >= 0.6 is 31.6 Å². The molecule has 0 aliphatic carbocycles. The van der Waals surface area contributed by atoms with Gasteiger partial charge in [-0.05, 0) is 18.2 Å². The van der Waals surface area contributed by atoms with Gasteiger partial charge in [-0.2, -0.15) is 0 Å². The smallest absolute Gasteiger partial charge is 0.404 e. The number of nitrogens with one attached hydrogen (secondary N) is 1. The molecule has 15 heteroatoms. The molecule has 31 heavy (non-hydrogen) atoms. The lowest BCUT2D eigenvalue weighted by molar-refractivity contribution is -0.205. The first-order valence-electron chi connectivity index (χ1n) is 9.43. The summed E-state index contributed by atoms with van der Waals surface area (Å²) in [5.74, 6) is -4.68. The molecule has 0 saturated carbocycles. The number of halogens is 3. The molecule has 2 aromatic rings. The lowest BCUT2D eigenvalue weighted by atomic mass is 10.1. The second-order valence-corrected chi connectivity index (χ2v) is 8.82. The van der Waals surface area contributed by atoms with Crippen molar-refractivity contribution in [3.8, 4) is 5.75 Å². The number of fused-ring (bicyclic) bond motifs is 1. The van der Waals surface area contributed by atoms with Crippen LogP contribution in [0.3, 0.4) is 0 Å². The zero-order valence-electron chi connectivity index (χ0n) is 17.0. The van der Waals surface area contributed by atoms with E-state index in [1.807, 2.05) is 0 Å². The minimum absolute atomic E-state index is 0.130. The summed E-state index contributed by atoms with van der Waals surface area (Å²) in [7, 11) is -4.86. The molecule has 3 heterocycles. The summed E-state index contributed by atoms with van der Waals surface area (Å²) in [4.78, 5) is 14.3. The van der Waals surface area contributed by atoms with Gasteiger partial charge in [0.15, 0.2) is 6.23 Å². The number of hydrogen-bond donors (Lipinski definition) is 3. The van der Waals surface area contributed by atoms with Crippen molar-refractivity contribution in [2.45, 2.75) is 30.9 Å². The van der Waals surface area contributed by atoms with E-state index in [-0.39, 0.29) is 21.0 Å². The minimum Gasteiger partial charge on any atom is -0.404 e. The van der Waals surface area contributed by atoms with Gasteiger partial charge in [0.05, 0.1) is 14.4 Å². The first-order chi connectivity index (χ1) is 15.3. The van der Waals surface area contributed by atoms with Crippen LogP contribution in [0.2, 0.25) is 5.02 Å². The fourth-order valence-electron chi connectivity index (χ4n) is 2.85. The van der Waals surface area contributed by atoms with Gasteiger partial charge in [0.2, 0.25) is 0 Å². The third kappa shape index (κ3) is 4.20. The molecule has 1 aromatic heterocycles. The Morgan fingerprint density at radius 2 is 2.26 bits per heavy atom. The molecule has 0 radical (unpaired) electrons. The monoisotopic (exact) mass is 500 g/mol. The van der Waals surface area contributed by atoms with E-state index >= 15 is 4.39 Å². The van der Waals surface area contributed by atoms with Crippen molar-refractivity contribution in [2.24, 2.45) is 0 Å². The first kappa shape index (κ1) is 19.9. The van der Waals surface area contributed by atoms with E-state index in [9.17, 15) is 24.0 Å². The lowest BCUT2D eigenvalue weighted by Gasteiger charge is -2.28. The average Bonchev–Trinajstić information content (AvgIpc) is 2.96. The van der Waals surface area contributed by atoms with E-state index in [2.05, 4.69) is 9.51 Å². The highest BCUT2D eigenvalue weighted by Gasteiger charge is 2.57. The Morgan fingerprint density at radius 1 is 1.52 bits per heavy atom. The van der Waals surface area contributed by atoms with E-state index in [4.69, 9.17) is 40.3 Å². The number of aliphatic hydroxyl groups excluding tert-OH is 2. The van der Waals surface area contributed by atoms with Gasteiger partial charge in [0, 0.05) is 11.8 Å². The first-order valence-corrected chi connectivity index (χ1v) is 10.7. The molecule has 1 unspecified atom stereocenters. The molecule has 0 bridgehead atoms. The highest BCUT2D eigenvalue weighted by molar-refractivity contribution is 7.71. The number of hydrogen-bond acceptors (Lipinski definition) is 9. The van der Waals surface area contributed by atoms with Gasteiger partial charge in [-0.1, -0.05) is 23.8 Å². The number of phosphoric ester groups is 1. The van der Waals surface area contributed by atoms with Crippen molar-refractivity contribution in [1.82, 2.24) is 9.55 Å². The third-order valence-electron chi connectivity index (χ3n) is 4.39. The molecule has 4 rings (SSSR count). The maximum atomic E-state index is 15.7. The van der Waals surface area contributed by atoms with Crippen LogP contribution < -0.4 is 10.2 Å². The van der Waals surface area contributed by atoms with Crippen LogP contribution in [-0.2, 0) is 25.0 Å². The summed E-state index contributed by atoms with van der Waals surface area (Å²) in [5.41, 5.74) is -0.882. The second-order valence-electron chi connectivity index (χ2n) is 6.49. The van der Waals surface area contributed by atoms with E-state index in [1.165, 1.54) is 0 Å². The Hall–Kier alpha value is -1.70.